The van der Waals surface area contributed by atoms with Gasteiger partial charge in [-0.05, 0) is 18.9 Å². The average molecular weight is 337 g/mol. The highest BCUT2D eigenvalue weighted by Gasteiger charge is 2.20. The van der Waals surface area contributed by atoms with Crippen LogP contribution in [0.25, 0.3) is 0 Å². The number of nitrogens with one attached hydrogen (secondary N) is 1. The monoisotopic (exact) mass is 336 g/mol. The summed E-state index contributed by atoms with van der Waals surface area (Å²) in [5.74, 6) is 1.85. The van der Waals surface area contributed by atoms with Crippen LogP contribution in [0.1, 0.15) is 31.9 Å². The van der Waals surface area contributed by atoms with Gasteiger partial charge in [0.2, 0.25) is 0 Å². The number of anilines is 2. The lowest BCUT2D eigenvalue weighted by atomic mass is 10.1. The fraction of sp³-hybridized carbons (Fsp3) is 0.765. The first kappa shape index (κ1) is 18.2. The van der Waals surface area contributed by atoms with Crippen LogP contribution in [0, 0.1) is 0 Å². The van der Waals surface area contributed by atoms with E-state index in [9.17, 15) is 0 Å². The minimum Gasteiger partial charge on any atom is -0.365 e. The third kappa shape index (κ3) is 6.10. The standard InChI is InChI=1S/C17H32N4OSi/c1-5-6-7-8-15-13-19-17-16(20-15)18-9-10-21(17)14-22-11-12-23(2,3)4/h13H,5-12,14H2,1-4H3,(H,18,20). The summed E-state index contributed by atoms with van der Waals surface area (Å²) in [7, 11) is -1.02. The lowest BCUT2D eigenvalue weighted by molar-refractivity contribution is 0.146. The lowest BCUT2D eigenvalue weighted by Gasteiger charge is -2.30. The number of hydrogen-bond acceptors (Lipinski definition) is 5. The molecular formula is C17H32N4OSi. The van der Waals surface area contributed by atoms with Gasteiger partial charge in [-0.2, -0.15) is 0 Å². The Hall–Kier alpha value is -1.14. The van der Waals surface area contributed by atoms with Crippen molar-refractivity contribution in [1.29, 1.82) is 0 Å². The van der Waals surface area contributed by atoms with E-state index in [2.05, 4.69) is 41.8 Å². The molecule has 0 aromatic carbocycles. The van der Waals surface area contributed by atoms with Gasteiger partial charge >= 0.3 is 0 Å². The molecule has 0 saturated carbocycles. The molecule has 1 aliphatic heterocycles. The summed E-state index contributed by atoms with van der Waals surface area (Å²) in [5, 5.41) is 3.37. The Balaban J connectivity index is 1.88. The molecule has 0 radical (unpaired) electrons. The number of aryl methyl sites for hydroxylation is 1. The zero-order valence-electron chi connectivity index (χ0n) is 15.2. The molecule has 0 fully saturated rings. The SMILES string of the molecule is CCCCCc1cnc2c(n1)NCCN2COCC[Si](C)(C)C. The zero-order chi connectivity index (χ0) is 16.7. The van der Waals surface area contributed by atoms with E-state index in [0.717, 1.165) is 43.4 Å². The second-order valence-electron chi connectivity index (χ2n) is 7.53. The molecule has 0 spiro atoms. The van der Waals surface area contributed by atoms with Gasteiger partial charge in [-0.15, -0.1) is 0 Å². The molecule has 0 atom stereocenters. The Bertz CT molecular complexity index is 490. The summed E-state index contributed by atoms with van der Waals surface area (Å²) in [6.07, 6.45) is 6.62. The van der Waals surface area contributed by atoms with Crippen LogP contribution < -0.4 is 10.2 Å². The first-order valence-corrected chi connectivity index (χ1v) is 12.6. The highest BCUT2D eigenvalue weighted by atomic mass is 28.3. The van der Waals surface area contributed by atoms with E-state index in [1.165, 1.54) is 25.3 Å². The van der Waals surface area contributed by atoms with Crippen LogP contribution in [0.3, 0.4) is 0 Å². The maximum absolute atomic E-state index is 5.88. The first-order valence-electron chi connectivity index (χ1n) is 8.92. The molecule has 6 heteroatoms. The quantitative estimate of drug-likeness (QED) is 0.550. The number of unbranched alkanes of at least 4 members (excludes halogenated alkanes) is 2. The average Bonchev–Trinajstić information content (AvgIpc) is 2.51. The third-order valence-corrected chi connectivity index (χ3v) is 5.76. The molecule has 1 aromatic rings. The number of aromatic nitrogens is 2. The smallest absolute Gasteiger partial charge is 0.173 e. The van der Waals surface area contributed by atoms with Crippen molar-refractivity contribution >= 4 is 19.7 Å². The number of fused-ring (bicyclic) bond motifs is 1. The van der Waals surface area contributed by atoms with Gasteiger partial charge in [-0.3, -0.25) is 0 Å². The van der Waals surface area contributed by atoms with Gasteiger partial charge in [-0.25, -0.2) is 9.97 Å². The summed E-state index contributed by atoms with van der Waals surface area (Å²) >= 11 is 0. The van der Waals surface area contributed by atoms with Crippen molar-refractivity contribution in [3.05, 3.63) is 11.9 Å². The number of ether oxygens (including phenoxy) is 1. The molecule has 0 unspecified atom stereocenters. The van der Waals surface area contributed by atoms with E-state index in [0.29, 0.717) is 6.73 Å². The molecule has 1 aliphatic rings. The lowest BCUT2D eigenvalue weighted by Crippen LogP contribution is -2.37. The van der Waals surface area contributed by atoms with Gasteiger partial charge in [0, 0.05) is 27.8 Å². The molecule has 1 aromatic heterocycles. The van der Waals surface area contributed by atoms with Crippen molar-refractivity contribution in [1.82, 2.24) is 9.97 Å². The molecule has 2 heterocycles. The van der Waals surface area contributed by atoms with Crippen molar-refractivity contribution in [2.45, 2.75) is 58.3 Å². The van der Waals surface area contributed by atoms with Crippen LogP contribution in [0.2, 0.25) is 25.7 Å². The molecule has 0 bridgehead atoms. The van der Waals surface area contributed by atoms with Gasteiger partial charge < -0.3 is 15.0 Å². The molecule has 5 nitrogen and oxygen atoms in total. The van der Waals surface area contributed by atoms with E-state index in [-0.39, 0.29) is 0 Å². The van der Waals surface area contributed by atoms with E-state index < -0.39 is 8.07 Å². The van der Waals surface area contributed by atoms with Crippen molar-refractivity contribution in [2.75, 3.05) is 36.6 Å². The Labute approximate surface area is 141 Å². The largest absolute Gasteiger partial charge is 0.365 e. The fourth-order valence-electron chi connectivity index (χ4n) is 2.54. The molecule has 1 N–H and O–H groups in total. The molecule has 0 amide bonds. The second kappa shape index (κ2) is 8.64. The topological polar surface area (TPSA) is 50.3 Å². The van der Waals surface area contributed by atoms with Gasteiger partial charge in [-0.1, -0.05) is 39.4 Å². The van der Waals surface area contributed by atoms with Gasteiger partial charge in [0.25, 0.3) is 0 Å². The highest BCUT2D eigenvalue weighted by Crippen LogP contribution is 2.24. The summed E-state index contributed by atoms with van der Waals surface area (Å²) in [5.41, 5.74) is 1.09. The summed E-state index contributed by atoms with van der Waals surface area (Å²) in [6, 6.07) is 1.20. The van der Waals surface area contributed by atoms with Crippen LogP contribution in [0.15, 0.2) is 6.20 Å². The molecule has 0 aliphatic carbocycles. The minimum atomic E-state index is -1.02. The highest BCUT2D eigenvalue weighted by molar-refractivity contribution is 6.76. The van der Waals surface area contributed by atoms with Crippen molar-refractivity contribution in [3.8, 4) is 0 Å². The number of rotatable bonds is 9. The van der Waals surface area contributed by atoms with Crippen molar-refractivity contribution < 1.29 is 4.74 Å². The number of hydrogen-bond donors (Lipinski definition) is 1. The maximum atomic E-state index is 5.88. The van der Waals surface area contributed by atoms with E-state index in [4.69, 9.17) is 9.72 Å². The Kier molecular flexibility index (Phi) is 6.83. The molecule has 0 saturated heterocycles. The fourth-order valence-corrected chi connectivity index (χ4v) is 3.30. The maximum Gasteiger partial charge on any atom is 0.173 e. The molecule has 130 valence electrons. The Morgan fingerprint density at radius 1 is 1.30 bits per heavy atom. The van der Waals surface area contributed by atoms with Crippen LogP contribution in [0.4, 0.5) is 11.6 Å². The van der Waals surface area contributed by atoms with Gasteiger partial charge in [0.05, 0.1) is 11.9 Å². The predicted molar refractivity (Wildman–Crippen MR) is 100 cm³/mol. The second-order valence-corrected chi connectivity index (χ2v) is 13.2. The van der Waals surface area contributed by atoms with E-state index in [1.54, 1.807) is 0 Å². The summed E-state index contributed by atoms with van der Waals surface area (Å²) in [6.45, 7) is 12.6. The van der Waals surface area contributed by atoms with Crippen LogP contribution in [-0.4, -0.2) is 44.5 Å². The van der Waals surface area contributed by atoms with Crippen LogP contribution in [0.5, 0.6) is 0 Å². The third-order valence-electron chi connectivity index (χ3n) is 4.06. The zero-order valence-corrected chi connectivity index (χ0v) is 16.2. The molecule has 23 heavy (non-hydrogen) atoms. The van der Waals surface area contributed by atoms with Gasteiger partial charge in [0.15, 0.2) is 11.6 Å². The molecule has 2 rings (SSSR count). The first-order chi connectivity index (χ1) is 11.0. The Morgan fingerprint density at radius 2 is 2.13 bits per heavy atom. The number of nitrogens with zero attached hydrogens (tertiary/aromatic N) is 3. The van der Waals surface area contributed by atoms with E-state index in [1.807, 2.05) is 6.20 Å². The Morgan fingerprint density at radius 3 is 2.87 bits per heavy atom. The minimum absolute atomic E-state index is 0.614. The van der Waals surface area contributed by atoms with Gasteiger partial charge in [0.1, 0.15) is 6.73 Å². The van der Waals surface area contributed by atoms with Crippen molar-refractivity contribution in [2.24, 2.45) is 0 Å². The van der Waals surface area contributed by atoms with E-state index >= 15 is 0 Å². The van der Waals surface area contributed by atoms with Crippen LogP contribution >= 0.6 is 0 Å². The normalized spacial score (nSPS) is 14.5. The summed E-state index contributed by atoms with van der Waals surface area (Å²) in [4.78, 5) is 11.6. The summed E-state index contributed by atoms with van der Waals surface area (Å²) < 4.78 is 5.88. The van der Waals surface area contributed by atoms with Crippen molar-refractivity contribution in [3.63, 3.8) is 0 Å². The molecular weight excluding hydrogens is 304 g/mol. The predicted octanol–water partition coefficient (Wildman–Crippen LogP) is 3.75. The van der Waals surface area contributed by atoms with Crippen LogP contribution in [-0.2, 0) is 11.2 Å².